The highest BCUT2D eigenvalue weighted by atomic mass is 127. The van der Waals surface area contributed by atoms with E-state index in [4.69, 9.17) is 4.99 Å². The van der Waals surface area contributed by atoms with Crippen LogP contribution in [0, 0.1) is 11.8 Å². The summed E-state index contributed by atoms with van der Waals surface area (Å²) in [4.78, 5) is 7.41. The van der Waals surface area contributed by atoms with Crippen molar-refractivity contribution in [3.63, 3.8) is 0 Å². The largest absolute Gasteiger partial charge is 0.357 e. The zero-order valence-corrected chi connectivity index (χ0v) is 21.1. The van der Waals surface area contributed by atoms with Crippen LogP contribution in [0.15, 0.2) is 4.99 Å². The van der Waals surface area contributed by atoms with Gasteiger partial charge in [-0.1, -0.05) is 20.8 Å². The van der Waals surface area contributed by atoms with Gasteiger partial charge in [0.1, 0.15) is 9.84 Å². The predicted octanol–water partition coefficient (Wildman–Crippen LogP) is 2.74. The van der Waals surface area contributed by atoms with Gasteiger partial charge in [-0.25, -0.2) is 8.42 Å². The van der Waals surface area contributed by atoms with E-state index in [9.17, 15) is 8.42 Å². The summed E-state index contributed by atoms with van der Waals surface area (Å²) in [5.41, 5.74) is 0. The predicted molar refractivity (Wildman–Crippen MR) is 127 cm³/mol. The second-order valence-electron chi connectivity index (χ2n) is 8.21. The van der Waals surface area contributed by atoms with Gasteiger partial charge in [0.15, 0.2) is 5.96 Å². The Morgan fingerprint density at radius 2 is 1.81 bits per heavy atom. The molecule has 1 aliphatic heterocycles. The molecular formula is C19H41IN4O2S. The van der Waals surface area contributed by atoms with Gasteiger partial charge < -0.3 is 10.6 Å². The molecular weight excluding hydrogens is 475 g/mol. The summed E-state index contributed by atoms with van der Waals surface area (Å²) < 4.78 is 22.7. The highest BCUT2D eigenvalue weighted by Crippen LogP contribution is 2.21. The lowest BCUT2D eigenvalue weighted by Gasteiger charge is -2.38. The Morgan fingerprint density at radius 3 is 2.30 bits per heavy atom. The van der Waals surface area contributed by atoms with E-state index in [2.05, 4.69) is 36.3 Å². The lowest BCUT2D eigenvalue weighted by molar-refractivity contribution is 0.113. The number of hydrogen-bond acceptors (Lipinski definition) is 4. The van der Waals surface area contributed by atoms with Crippen molar-refractivity contribution in [3.05, 3.63) is 0 Å². The number of likely N-dealkylation sites (tertiary alicyclic amines) is 1. The molecule has 0 aromatic rings. The molecule has 0 radical (unpaired) electrons. The Morgan fingerprint density at radius 1 is 1.22 bits per heavy atom. The van der Waals surface area contributed by atoms with Crippen LogP contribution in [0.2, 0.25) is 0 Å². The van der Waals surface area contributed by atoms with Crippen LogP contribution in [0.25, 0.3) is 0 Å². The van der Waals surface area contributed by atoms with E-state index in [0.29, 0.717) is 18.4 Å². The van der Waals surface area contributed by atoms with Gasteiger partial charge in [-0.3, -0.25) is 9.89 Å². The van der Waals surface area contributed by atoms with E-state index in [1.807, 2.05) is 13.8 Å². The minimum atomic E-state index is -2.93. The molecule has 0 aromatic heterocycles. The third-order valence-electron chi connectivity index (χ3n) is 5.14. The van der Waals surface area contributed by atoms with Crippen LogP contribution >= 0.6 is 24.0 Å². The number of nitrogens with zero attached hydrogens (tertiary/aromatic N) is 2. The van der Waals surface area contributed by atoms with Crippen molar-refractivity contribution in [1.29, 1.82) is 0 Å². The zero-order chi connectivity index (χ0) is 19.7. The van der Waals surface area contributed by atoms with Gasteiger partial charge in [0.05, 0.1) is 12.3 Å². The van der Waals surface area contributed by atoms with Crippen LogP contribution in [0.4, 0.5) is 0 Å². The maximum absolute atomic E-state index is 11.4. The summed E-state index contributed by atoms with van der Waals surface area (Å²) in [7, 11) is -2.93. The number of guanidine groups is 1. The molecule has 2 atom stereocenters. The van der Waals surface area contributed by atoms with Crippen LogP contribution in [0.5, 0.6) is 0 Å². The first-order valence-corrected chi connectivity index (χ1v) is 12.1. The van der Waals surface area contributed by atoms with Crippen molar-refractivity contribution in [2.24, 2.45) is 16.8 Å². The summed E-state index contributed by atoms with van der Waals surface area (Å²) in [5.74, 6) is 2.36. The van der Waals surface area contributed by atoms with Gasteiger partial charge in [0, 0.05) is 24.9 Å². The van der Waals surface area contributed by atoms with Gasteiger partial charge in [-0.15, -0.1) is 24.0 Å². The lowest BCUT2D eigenvalue weighted by Crippen LogP contribution is -2.47. The van der Waals surface area contributed by atoms with E-state index < -0.39 is 9.84 Å². The van der Waals surface area contributed by atoms with Crippen molar-refractivity contribution in [3.8, 4) is 0 Å². The van der Waals surface area contributed by atoms with E-state index >= 15 is 0 Å². The average Bonchev–Trinajstić information content (AvgIpc) is 2.54. The molecule has 27 heavy (non-hydrogen) atoms. The first kappa shape index (κ1) is 26.9. The molecule has 1 fully saturated rings. The summed E-state index contributed by atoms with van der Waals surface area (Å²) in [6.45, 7) is 14.8. The molecule has 1 rings (SSSR count). The first-order chi connectivity index (χ1) is 12.1. The quantitative estimate of drug-likeness (QED) is 0.280. The van der Waals surface area contributed by atoms with E-state index in [0.717, 1.165) is 38.1 Å². The minimum Gasteiger partial charge on any atom is -0.357 e. The number of nitrogens with one attached hydrogen (secondary N) is 2. The molecule has 0 aliphatic carbocycles. The molecule has 6 nitrogen and oxygen atoms in total. The highest BCUT2D eigenvalue weighted by Gasteiger charge is 2.25. The van der Waals surface area contributed by atoms with Gasteiger partial charge >= 0.3 is 0 Å². The summed E-state index contributed by atoms with van der Waals surface area (Å²) >= 11 is 0. The first-order valence-electron chi connectivity index (χ1n) is 10.1. The molecule has 162 valence electrons. The normalized spacial score (nSPS) is 19.4. The Hall–Kier alpha value is -0.0900. The molecule has 1 heterocycles. The Balaban J connectivity index is 0.00000676. The molecule has 1 saturated heterocycles. The molecule has 1 aliphatic rings. The van der Waals surface area contributed by atoms with Crippen molar-refractivity contribution in [2.45, 2.75) is 66.0 Å². The maximum Gasteiger partial charge on any atom is 0.191 e. The molecule has 2 N–H and O–H groups in total. The SMILES string of the molecule is CCNC(=NCC(C(C)C)N1CCC(C)CC1)NC(C)CCS(C)(=O)=O.I. The number of hydrogen-bond donors (Lipinski definition) is 2. The van der Waals surface area contributed by atoms with Crippen LogP contribution < -0.4 is 10.6 Å². The standard InChI is InChI=1S/C19H40N4O2S.HI/c1-7-20-19(22-17(5)10-13-26(6,24)25)21-14-18(15(2)3)23-11-8-16(4)9-12-23;/h15-18H,7-14H2,1-6H3,(H2,20,21,22);1H. The third-order valence-corrected chi connectivity index (χ3v) is 6.12. The number of halogens is 1. The van der Waals surface area contributed by atoms with Gasteiger partial charge in [-0.05, 0) is 58.0 Å². The van der Waals surface area contributed by atoms with Crippen LogP contribution in [0.1, 0.15) is 53.9 Å². The fourth-order valence-electron chi connectivity index (χ4n) is 3.31. The smallest absolute Gasteiger partial charge is 0.191 e. The van der Waals surface area contributed by atoms with Crippen molar-refractivity contribution < 1.29 is 8.42 Å². The fourth-order valence-corrected chi connectivity index (χ4v) is 4.09. The zero-order valence-electron chi connectivity index (χ0n) is 18.0. The second kappa shape index (κ2) is 13.2. The second-order valence-corrected chi connectivity index (χ2v) is 10.5. The number of sulfone groups is 1. The third kappa shape index (κ3) is 11.5. The molecule has 0 bridgehead atoms. The van der Waals surface area contributed by atoms with Gasteiger partial charge in [0.2, 0.25) is 0 Å². The summed E-state index contributed by atoms with van der Waals surface area (Å²) in [6.07, 6.45) is 4.41. The van der Waals surface area contributed by atoms with Crippen LogP contribution in [-0.4, -0.2) is 69.5 Å². The highest BCUT2D eigenvalue weighted by molar-refractivity contribution is 14.0. The molecule has 0 saturated carbocycles. The number of piperidine rings is 1. The van der Waals surface area contributed by atoms with Gasteiger partial charge in [0.25, 0.3) is 0 Å². The molecule has 2 unspecified atom stereocenters. The van der Waals surface area contributed by atoms with Crippen LogP contribution in [-0.2, 0) is 9.84 Å². The Bertz CT molecular complexity index is 532. The summed E-state index contributed by atoms with van der Waals surface area (Å²) in [5, 5.41) is 6.64. The fraction of sp³-hybridized carbons (Fsp3) is 0.947. The molecule has 0 aromatic carbocycles. The number of aliphatic imine (C=N–C) groups is 1. The van der Waals surface area contributed by atoms with Crippen molar-refractivity contribution in [1.82, 2.24) is 15.5 Å². The Labute approximate surface area is 184 Å². The van der Waals surface area contributed by atoms with E-state index in [1.54, 1.807) is 0 Å². The molecule has 8 heteroatoms. The monoisotopic (exact) mass is 516 g/mol. The molecule has 0 spiro atoms. The van der Waals surface area contributed by atoms with Gasteiger partial charge in [-0.2, -0.15) is 0 Å². The lowest BCUT2D eigenvalue weighted by atomic mass is 9.94. The average molecular weight is 517 g/mol. The van der Waals surface area contributed by atoms with E-state index in [1.165, 1.54) is 19.1 Å². The minimum absolute atomic E-state index is 0. The Kier molecular flexibility index (Phi) is 13.1. The molecule has 0 amide bonds. The summed E-state index contributed by atoms with van der Waals surface area (Å²) in [6, 6.07) is 0.514. The van der Waals surface area contributed by atoms with Crippen molar-refractivity contribution in [2.75, 3.05) is 38.2 Å². The maximum atomic E-state index is 11.4. The van der Waals surface area contributed by atoms with Crippen molar-refractivity contribution >= 4 is 39.8 Å². The number of rotatable bonds is 9. The van der Waals surface area contributed by atoms with E-state index in [-0.39, 0.29) is 35.8 Å². The van der Waals surface area contributed by atoms with Crippen LogP contribution in [0.3, 0.4) is 0 Å². The topological polar surface area (TPSA) is 73.8 Å².